The number of benzene rings is 2. The second kappa shape index (κ2) is 8.49. The number of aryl methyl sites for hydroxylation is 1. The molecular weight excluding hydrogens is 356 g/mol. The minimum atomic E-state index is -0.519. The monoisotopic (exact) mass is 374 g/mol. The van der Waals surface area contributed by atoms with Gasteiger partial charge in [-0.2, -0.15) is 0 Å². The summed E-state index contributed by atoms with van der Waals surface area (Å²) < 4.78 is 4.68. The van der Waals surface area contributed by atoms with Crippen LogP contribution in [0.2, 0.25) is 5.02 Å². The third-order valence-corrected chi connectivity index (χ3v) is 3.97. The van der Waals surface area contributed by atoms with Crippen LogP contribution in [0.5, 0.6) is 0 Å². The Kier molecular flexibility index (Phi) is 6.36. The Morgan fingerprint density at radius 3 is 2.54 bits per heavy atom. The lowest BCUT2D eigenvalue weighted by atomic mass is 10.2. The third kappa shape index (κ3) is 4.83. The second-order valence-corrected chi connectivity index (χ2v) is 6.09. The van der Waals surface area contributed by atoms with Crippen molar-refractivity contribution < 1.29 is 19.1 Å². The van der Waals surface area contributed by atoms with E-state index in [0.717, 1.165) is 5.56 Å². The van der Waals surface area contributed by atoms with E-state index in [1.54, 1.807) is 36.4 Å². The van der Waals surface area contributed by atoms with Crippen LogP contribution in [0.4, 0.5) is 11.4 Å². The molecule has 0 aliphatic heterocycles. The van der Waals surface area contributed by atoms with E-state index in [1.165, 1.54) is 25.0 Å². The van der Waals surface area contributed by atoms with Crippen molar-refractivity contribution in [2.45, 2.75) is 13.8 Å². The van der Waals surface area contributed by atoms with E-state index in [-0.39, 0.29) is 18.4 Å². The molecule has 0 saturated heterocycles. The number of anilines is 2. The minimum absolute atomic E-state index is 0.202. The molecule has 0 atom stereocenters. The smallest absolute Gasteiger partial charge is 0.337 e. The van der Waals surface area contributed by atoms with Crippen molar-refractivity contribution in [2.24, 2.45) is 0 Å². The molecule has 2 rings (SSSR count). The first kappa shape index (κ1) is 19.5. The number of carbonyl (C=O) groups is 3. The van der Waals surface area contributed by atoms with Crippen LogP contribution in [-0.4, -0.2) is 31.4 Å². The zero-order valence-electron chi connectivity index (χ0n) is 14.7. The highest BCUT2D eigenvalue weighted by atomic mass is 35.5. The molecule has 0 aliphatic rings. The molecule has 0 aliphatic carbocycles. The van der Waals surface area contributed by atoms with Gasteiger partial charge < -0.3 is 15.0 Å². The van der Waals surface area contributed by atoms with Crippen LogP contribution in [0.1, 0.15) is 22.8 Å². The number of methoxy groups -OCH3 is 1. The number of amides is 2. The molecule has 26 heavy (non-hydrogen) atoms. The highest BCUT2D eigenvalue weighted by molar-refractivity contribution is 6.31. The number of halogens is 1. The molecular formula is C19H19ClN2O4. The SMILES string of the molecule is COC(=O)c1cccc(N(CC(=O)Nc2cc(Cl)ccc2C)C(C)=O)c1. The Balaban J connectivity index is 2.20. The maximum Gasteiger partial charge on any atom is 0.337 e. The van der Waals surface area contributed by atoms with E-state index in [4.69, 9.17) is 11.6 Å². The quantitative estimate of drug-likeness (QED) is 0.813. The van der Waals surface area contributed by atoms with Gasteiger partial charge in [0.15, 0.2) is 0 Å². The van der Waals surface area contributed by atoms with E-state index >= 15 is 0 Å². The van der Waals surface area contributed by atoms with Gasteiger partial charge in [-0.05, 0) is 42.8 Å². The van der Waals surface area contributed by atoms with E-state index in [1.807, 2.05) is 6.92 Å². The van der Waals surface area contributed by atoms with Gasteiger partial charge in [-0.3, -0.25) is 9.59 Å². The largest absolute Gasteiger partial charge is 0.465 e. The maximum atomic E-state index is 12.4. The predicted molar refractivity (Wildman–Crippen MR) is 101 cm³/mol. The van der Waals surface area contributed by atoms with Crippen LogP contribution in [-0.2, 0) is 14.3 Å². The van der Waals surface area contributed by atoms with Gasteiger partial charge in [0.1, 0.15) is 6.54 Å². The van der Waals surface area contributed by atoms with Crippen molar-refractivity contribution in [1.29, 1.82) is 0 Å². The molecule has 0 heterocycles. The molecule has 0 spiro atoms. The lowest BCUT2D eigenvalue weighted by Crippen LogP contribution is -2.36. The Labute approximate surface area is 156 Å². The first-order valence-electron chi connectivity index (χ1n) is 7.84. The molecule has 0 saturated carbocycles. The number of rotatable bonds is 5. The summed E-state index contributed by atoms with van der Waals surface area (Å²) in [6.07, 6.45) is 0. The number of nitrogens with zero attached hydrogens (tertiary/aromatic N) is 1. The van der Waals surface area contributed by atoms with Gasteiger partial charge in [-0.25, -0.2) is 4.79 Å². The van der Waals surface area contributed by atoms with Crippen LogP contribution in [0.25, 0.3) is 0 Å². The standard InChI is InChI=1S/C19H19ClN2O4/c1-12-7-8-15(20)10-17(12)21-18(24)11-22(13(2)23)16-6-4-5-14(9-16)19(25)26-3/h4-10H,11H2,1-3H3,(H,21,24). The summed E-state index contributed by atoms with van der Waals surface area (Å²) in [6, 6.07) is 11.5. The number of esters is 1. The zero-order valence-corrected chi connectivity index (χ0v) is 15.5. The topological polar surface area (TPSA) is 75.7 Å². The van der Waals surface area contributed by atoms with E-state index < -0.39 is 5.97 Å². The summed E-state index contributed by atoms with van der Waals surface area (Å²) in [6.45, 7) is 2.99. The van der Waals surface area contributed by atoms with Crippen molar-refractivity contribution in [3.05, 3.63) is 58.6 Å². The maximum absolute atomic E-state index is 12.4. The molecule has 0 bridgehead atoms. The first-order valence-corrected chi connectivity index (χ1v) is 8.22. The van der Waals surface area contributed by atoms with Crippen molar-refractivity contribution >= 4 is 40.8 Å². The Morgan fingerprint density at radius 1 is 1.15 bits per heavy atom. The number of nitrogens with one attached hydrogen (secondary N) is 1. The number of hydrogen-bond acceptors (Lipinski definition) is 4. The van der Waals surface area contributed by atoms with Gasteiger partial charge in [0.25, 0.3) is 0 Å². The number of hydrogen-bond donors (Lipinski definition) is 1. The minimum Gasteiger partial charge on any atom is -0.465 e. The van der Waals surface area contributed by atoms with Crippen molar-refractivity contribution in [3.8, 4) is 0 Å². The fourth-order valence-corrected chi connectivity index (χ4v) is 2.54. The average Bonchev–Trinajstić information content (AvgIpc) is 2.62. The summed E-state index contributed by atoms with van der Waals surface area (Å²) in [5.41, 5.74) is 2.15. The summed E-state index contributed by atoms with van der Waals surface area (Å²) in [4.78, 5) is 37.4. The number of ether oxygens (including phenoxy) is 1. The van der Waals surface area contributed by atoms with Gasteiger partial charge in [-0.1, -0.05) is 23.7 Å². The van der Waals surface area contributed by atoms with Gasteiger partial charge in [0.2, 0.25) is 11.8 Å². The lowest BCUT2D eigenvalue weighted by molar-refractivity contribution is -0.120. The zero-order chi connectivity index (χ0) is 19.3. The first-order chi connectivity index (χ1) is 12.3. The fraction of sp³-hybridized carbons (Fsp3) is 0.211. The molecule has 136 valence electrons. The summed E-state index contributed by atoms with van der Waals surface area (Å²) in [5, 5.41) is 3.25. The molecule has 0 radical (unpaired) electrons. The molecule has 7 heteroatoms. The highest BCUT2D eigenvalue weighted by Gasteiger charge is 2.18. The van der Waals surface area contributed by atoms with Gasteiger partial charge >= 0.3 is 5.97 Å². The van der Waals surface area contributed by atoms with Crippen LogP contribution in [0.3, 0.4) is 0 Å². The lowest BCUT2D eigenvalue weighted by Gasteiger charge is -2.21. The second-order valence-electron chi connectivity index (χ2n) is 5.65. The Hall–Kier alpha value is -2.86. The predicted octanol–water partition coefficient (Wildman–Crippen LogP) is 3.43. The summed E-state index contributed by atoms with van der Waals surface area (Å²) in [5.74, 6) is -1.23. The molecule has 2 amide bonds. The van der Waals surface area contributed by atoms with Crippen LogP contribution < -0.4 is 10.2 Å². The van der Waals surface area contributed by atoms with E-state index in [0.29, 0.717) is 22.0 Å². The van der Waals surface area contributed by atoms with Crippen molar-refractivity contribution in [2.75, 3.05) is 23.9 Å². The molecule has 0 unspecified atom stereocenters. The molecule has 1 N–H and O–H groups in total. The highest BCUT2D eigenvalue weighted by Crippen LogP contribution is 2.21. The molecule has 2 aromatic carbocycles. The van der Waals surface area contributed by atoms with Crippen LogP contribution in [0.15, 0.2) is 42.5 Å². The fourth-order valence-electron chi connectivity index (χ4n) is 2.37. The summed E-state index contributed by atoms with van der Waals surface area (Å²) >= 11 is 5.95. The van der Waals surface area contributed by atoms with Crippen LogP contribution in [0, 0.1) is 6.92 Å². The third-order valence-electron chi connectivity index (χ3n) is 3.73. The summed E-state index contributed by atoms with van der Waals surface area (Å²) in [7, 11) is 1.28. The van der Waals surface area contributed by atoms with E-state index in [2.05, 4.69) is 10.1 Å². The van der Waals surface area contributed by atoms with Gasteiger partial charge in [0, 0.05) is 23.3 Å². The van der Waals surface area contributed by atoms with Gasteiger partial charge in [0.05, 0.1) is 12.7 Å². The van der Waals surface area contributed by atoms with Crippen molar-refractivity contribution in [3.63, 3.8) is 0 Å². The van der Waals surface area contributed by atoms with Gasteiger partial charge in [-0.15, -0.1) is 0 Å². The molecule has 0 fully saturated rings. The molecule has 6 nitrogen and oxygen atoms in total. The number of carbonyl (C=O) groups excluding carboxylic acids is 3. The normalized spacial score (nSPS) is 10.2. The molecule has 0 aromatic heterocycles. The Morgan fingerprint density at radius 2 is 1.88 bits per heavy atom. The molecule has 2 aromatic rings. The van der Waals surface area contributed by atoms with Crippen LogP contribution >= 0.6 is 11.6 Å². The average molecular weight is 375 g/mol. The van der Waals surface area contributed by atoms with Crippen molar-refractivity contribution in [1.82, 2.24) is 0 Å². The van der Waals surface area contributed by atoms with E-state index in [9.17, 15) is 14.4 Å². The Bertz CT molecular complexity index is 851.